The number of ether oxygens (including phenoxy) is 2. The Morgan fingerprint density at radius 2 is 1.87 bits per heavy atom. The van der Waals surface area contributed by atoms with Gasteiger partial charge in [-0.3, -0.25) is 4.79 Å². The molecular formula is C27H34FN7O3. The van der Waals surface area contributed by atoms with E-state index in [0.29, 0.717) is 47.5 Å². The molecule has 3 heterocycles. The maximum Gasteiger partial charge on any atom is 0.230 e. The number of nitrogens with zero attached hydrogens (tertiary/aromatic N) is 3. The van der Waals surface area contributed by atoms with Gasteiger partial charge in [0.1, 0.15) is 5.82 Å². The smallest absolute Gasteiger partial charge is 0.230 e. The van der Waals surface area contributed by atoms with Crippen molar-refractivity contribution in [2.75, 3.05) is 31.6 Å². The van der Waals surface area contributed by atoms with Crippen LogP contribution in [0.2, 0.25) is 0 Å². The van der Waals surface area contributed by atoms with Gasteiger partial charge >= 0.3 is 0 Å². The summed E-state index contributed by atoms with van der Waals surface area (Å²) in [6, 6.07) is 8.05. The highest BCUT2D eigenvalue weighted by Gasteiger charge is 2.41. The molecule has 0 unspecified atom stereocenters. The maximum atomic E-state index is 13.6. The predicted octanol–water partition coefficient (Wildman–Crippen LogP) is 3.54. The van der Waals surface area contributed by atoms with Crippen LogP contribution in [0.1, 0.15) is 51.1 Å². The van der Waals surface area contributed by atoms with Crippen molar-refractivity contribution in [1.82, 2.24) is 25.3 Å². The second kappa shape index (κ2) is 11.5. The Balaban J connectivity index is 1.37. The van der Waals surface area contributed by atoms with Crippen molar-refractivity contribution in [3.8, 4) is 22.6 Å². The molecule has 0 radical (unpaired) electrons. The summed E-state index contributed by atoms with van der Waals surface area (Å²) in [5, 5.41) is 6.25. The number of carbonyl (C=O) groups is 1. The van der Waals surface area contributed by atoms with Gasteiger partial charge < -0.3 is 30.8 Å². The van der Waals surface area contributed by atoms with E-state index < -0.39 is 11.7 Å². The first-order valence-corrected chi connectivity index (χ1v) is 13.1. The monoisotopic (exact) mass is 523 g/mol. The Hall–Kier alpha value is -3.41. The van der Waals surface area contributed by atoms with Crippen molar-refractivity contribution in [2.24, 2.45) is 11.1 Å². The highest BCUT2D eigenvalue weighted by atomic mass is 19.1. The van der Waals surface area contributed by atoms with Gasteiger partial charge in [0.25, 0.3) is 0 Å². The van der Waals surface area contributed by atoms with Gasteiger partial charge in [0.05, 0.1) is 35.7 Å². The molecule has 202 valence electrons. The molecule has 1 saturated heterocycles. The molecule has 1 aliphatic heterocycles. The Kier molecular flexibility index (Phi) is 7.96. The van der Waals surface area contributed by atoms with E-state index in [-0.39, 0.29) is 31.0 Å². The Labute approximate surface area is 221 Å². The number of anilines is 1. The highest BCUT2D eigenvalue weighted by Crippen LogP contribution is 2.36. The molecular weight excluding hydrogens is 489 g/mol. The van der Waals surface area contributed by atoms with E-state index in [9.17, 15) is 9.18 Å². The summed E-state index contributed by atoms with van der Waals surface area (Å²) in [4.78, 5) is 29.9. The summed E-state index contributed by atoms with van der Waals surface area (Å²) in [6.45, 7) is 3.21. The molecule has 1 saturated carbocycles. The van der Waals surface area contributed by atoms with Gasteiger partial charge in [-0.2, -0.15) is 0 Å². The molecule has 10 nitrogen and oxygen atoms in total. The molecule has 2 aliphatic rings. The number of halogens is 1. The van der Waals surface area contributed by atoms with Crippen molar-refractivity contribution >= 4 is 11.9 Å². The quantitative estimate of drug-likeness (QED) is 0.352. The van der Waals surface area contributed by atoms with Crippen LogP contribution >= 0.6 is 0 Å². The zero-order chi connectivity index (χ0) is 26.5. The normalized spacial score (nSPS) is 22.2. The molecule has 5 rings (SSSR count). The van der Waals surface area contributed by atoms with Gasteiger partial charge in [-0.1, -0.05) is 19.3 Å². The number of aromatic amines is 1. The van der Waals surface area contributed by atoms with Gasteiger partial charge in [-0.05, 0) is 50.1 Å². The molecule has 1 aliphatic carbocycles. The standard InChI is InChI=1S/C27H34FN7O3/c1-27(25(36)32-19-5-3-2-4-6-19)15-37-24(38-16-27)23-34-21(17-7-9-18(28)10-8-17)22(35-23)20-11-13-30-26(33-20)31-14-12-29/h7-11,13,19,24H,2-6,12,14-16,29H2,1H3,(H,32,36)(H,34,35)(H,30,31,33). The van der Waals surface area contributed by atoms with Crippen LogP contribution < -0.4 is 16.4 Å². The van der Waals surface area contributed by atoms with Crippen molar-refractivity contribution in [2.45, 2.75) is 51.4 Å². The van der Waals surface area contributed by atoms with Crippen LogP contribution in [0.15, 0.2) is 36.5 Å². The molecule has 38 heavy (non-hydrogen) atoms. The number of aromatic nitrogens is 4. The highest BCUT2D eigenvalue weighted by molar-refractivity contribution is 5.83. The zero-order valence-corrected chi connectivity index (χ0v) is 21.5. The molecule has 2 fully saturated rings. The Morgan fingerprint density at radius 3 is 2.58 bits per heavy atom. The molecule has 1 amide bonds. The lowest BCUT2D eigenvalue weighted by Crippen LogP contribution is -2.51. The van der Waals surface area contributed by atoms with Crippen molar-refractivity contribution in [1.29, 1.82) is 0 Å². The minimum Gasteiger partial charge on any atom is -0.353 e. The number of benzene rings is 1. The number of imidazole rings is 1. The van der Waals surface area contributed by atoms with Gasteiger partial charge in [0.2, 0.25) is 18.1 Å². The van der Waals surface area contributed by atoms with Crippen molar-refractivity contribution in [3.63, 3.8) is 0 Å². The fourth-order valence-corrected chi connectivity index (χ4v) is 4.78. The first-order valence-electron chi connectivity index (χ1n) is 13.1. The van der Waals surface area contributed by atoms with E-state index in [1.54, 1.807) is 24.4 Å². The molecule has 2 aromatic heterocycles. The van der Waals surface area contributed by atoms with E-state index in [1.165, 1.54) is 18.6 Å². The molecule has 1 aromatic carbocycles. The summed E-state index contributed by atoms with van der Waals surface area (Å²) < 4.78 is 25.7. The number of nitrogens with two attached hydrogens (primary N) is 1. The van der Waals surface area contributed by atoms with E-state index in [2.05, 4.69) is 25.6 Å². The summed E-state index contributed by atoms with van der Waals surface area (Å²) in [5.74, 6) is 0.475. The van der Waals surface area contributed by atoms with E-state index in [4.69, 9.17) is 20.2 Å². The van der Waals surface area contributed by atoms with Crippen LogP contribution in [0.3, 0.4) is 0 Å². The summed E-state index contributed by atoms with van der Waals surface area (Å²) >= 11 is 0. The second-order valence-electron chi connectivity index (χ2n) is 10.2. The lowest BCUT2D eigenvalue weighted by molar-refractivity contribution is -0.231. The summed E-state index contributed by atoms with van der Waals surface area (Å²) in [7, 11) is 0. The Bertz CT molecular complexity index is 1240. The van der Waals surface area contributed by atoms with E-state index in [1.807, 2.05) is 6.92 Å². The predicted molar refractivity (Wildman–Crippen MR) is 140 cm³/mol. The van der Waals surface area contributed by atoms with Gasteiger partial charge in [0.15, 0.2) is 5.82 Å². The fraction of sp³-hybridized carbons (Fsp3) is 0.481. The number of nitrogens with one attached hydrogen (secondary N) is 3. The molecule has 5 N–H and O–H groups in total. The number of amides is 1. The largest absolute Gasteiger partial charge is 0.353 e. The van der Waals surface area contributed by atoms with Gasteiger partial charge in [0, 0.05) is 30.9 Å². The lowest BCUT2D eigenvalue weighted by Gasteiger charge is -2.37. The summed E-state index contributed by atoms with van der Waals surface area (Å²) in [6.07, 6.45) is 6.38. The summed E-state index contributed by atoms with van der Waals surface area (Å²) in [5.41, 5.74) is 7.27. The first-order chi connectivity index (χ1) is 18.4. The van der Waals surface area contributed by atoms with Gasteiger partial charge in [-0.15, -0.1) is 0 Å². The van der Waals surface area contributed by atoms with Crippen LogP contribution in [-0.4, -0.2) is 58.2 Å². The van der Waals surface area contributed by atoms with E-state index >= 15 is 0 Å². The zero-order valence-electron chi connectivity index (χ0n) is 21.5. The van der Waals surface area contributed by atoms with Crippen LogP contribution in [0.25, 0.3) is 22.6 Å². The molecule has 0 atom stereocenters. The van der Waals surface area contributed by atoms with Crippen LogP contribution in [0.4, 0.5) is 10.3 Å². The topological polar surface area (TPSA) is 140 Å². The minimum absolute atomic E-state index is 0.0477. The Morgan fingerprint density at radius 1 is 1.13 bits per heavy atom. The number of H-pyrrole nitrogens is 1. The third-order valence-corrected chi connectivity index (χ3v) is 7.00. The van der Waals surface area contributed by atoms with Gasteiger partial charge in [-0.25, -0.2) is 19.3 Å². The SMILES string of the molecule is CC1(C(=O)NC2CCCCC2)COC(c2nc(-c3ccc(F)cc3)c(-c3ccnc(NCCN)n3)[nH]2)OC1. The third-order valence-electron chi connectivity index (χ3n) is 7.00. The number of carbonyl (C=O) groups excluding carboxylic acids is 1. The second-order valence-corrected chi connectivity index (χ2v) is 10.2. The third kappa shape index (κ3) is 5.85. The van der Waals surface area contributed by atoms with Crippen LogP contribution in [0, 0.1) is 11.2 Å². The van der Waals surface area contributed by atoms with E-state index in [0.717, 1.165) is 25.7 Å². The van der Waals surface area contributed by atoms with Crippen molar-refractivity contribution < 1.29 is 18.7 Å². The maximum absolute atomic E-state index is 13.6. The molecule has 3 aromatic rings. The molecule has 0 spiro atoms. The fourth-order valence-electron chi connectivity index (χ4n) is 4.78. The lowest BCUT2D eigenvalue weighted by atomic mass is 9.89. The average Bonchev–Trinajstić information content (AvgIpc) is 3.39. The average molecular weight is 524 g/mol. The number of rotatable bonds is 8. The van der Waals surface area contributed by atoms with Crippen LogP contribution in [0.5, 0.6) is 0 Å². The number of hydrogen-bond acceptors (Lipinski definition) is 8. The molecule has 0 bridgehead atoms. The van der Waals surface area contributed by atoms with Crippen LogP contribution in [-0.2, 0) is 14.3 Å². The first kappa shape index (κ1) is 26.2. The minimum atomic E-state index is -0.796. The molecule has 11 heteroatoms. The number of hydrogen-bond donors (Lipinski definition) is 4. The van der Waals surface area contributed by atoms with Crippen molar-refractivity contribution in [3.05, 3.63) is 48.2 Å².